The lowest BCUT2D eigenvalue weighted by atomic mass is 9.86. The molecule has 1 aromatic carbocycles. The number of nitrogens with one attached hydrogen (secondary N) is 1. The molecule has 0 aromatic heterocycles. The highest BCUT2D eigenvalue weighted by Gasteiger charge is 2.28. The normalized spacial score (nSPS) is 22.2. The number of ether oxygens (including phenoxy) is 1. The number of amides is 1. The van der Waals surface area contributed by atoms with E-state index in [1.165, 1.54) is 0 Å². The van der Waals surface area contributed by atoms with Crippen LogP contribution in [0.4, 0.5) is 0 Å². The molecule has 126 valence electrons. The SMILES string of the molecule is CCC(Oc1ccccc1Cl)C(=O)NC1CCC(C(=O)O)CC1. The molecule has 23 heavy (non-hydrogen) atoms. The lowest BCUT2D eigenvalue weighted by Crippen LogP contribution is -2.45. The molecule has 6 heteroatoms. The summed E-state index contributed by atoms with van der Waals surface area (Å²) < 4.78 is 5.72. The Morgan fingerprint density at radius 1 is 1.30 bits per heavy atom. The topological polar surface area (TPSA) is 75.6 Å². The van der Waals surface area contributed by atoms with E-state index in [2.05, 4.69) is 5.32 Å². The van der Waals surface area contributed by atoms with Crippen LogP contribution in [0.5, 0.6) is 5.75 Å². The predicted octanol–water partition coefficient (Wildman–Crippen LogP) is 3.26. The van der Waals surface area contributed by atoms with E-state index in [-0.39, 0.29) is 17.9 Å². The minimum absolute atomic E-state index is 0.0157. The lowest BCUT2D eigenvalue weighted by Gasteiger charge is -2.28. The molecule has 0 bridgehead atoms. The van der Waals surface area contributed by atoms with E-state index in [0.717, 1.165) is 0 Å². The number of carboxylic acids is 1. The van der Waals surface area contributed by atoms with Crippen LogP contribution in [0, 0.1) is 5.92 Å². The van der Waals surface area contributed by atoms with Crippen LogP contribution in [0.25, 0.3) is 0 Å². The Hall–Kier alpha value is -1.75. The molecule has 1 aromatic rings. The molecule has 0 heterocycles. The smallest absolute Gasteiger partial charge is 0.306 e. The first kappa shape index (κ1) is 17.6. The van der Waals surface area contributed by atoms with Gasteiger partial charge < -0.3 is 15.2 Å². The summed E-state index contributed by atoms with van der Waals surface area (Å²) in [7, 11) is 0. The Labute approximate surface area is 141 Å². The molecule has 1 fully saturated rings. The van der Waals surface area contributed by atoms with Crippen molar-refractivity contribution in [2.24, 2.45) is 5.92 Å². The zero-order chi connectivity index (χ0) is 16.8. The quantitative estimate of drug-likeness (QED) is 0.834. The number of benzene rings is 1. The van der Waals surface area contributed by atoms with Crippen molar-refractivity contribution in [3.8, 4) is 5.75 Å². The third-order valence-corrected chi connectivity index (χ3v) is 4.50. The van der Waals surface area contributed by atoms with Crippen LogP contribution in [0.1, 0.15) is 39.0 Å². The predicted molar refractivity (Wildman–Crippen MR) is 87.7 cm³/mol. The Morgan fingerprint density at radius 3 is 2.52 bits per heavy atom. The van der Waals surface area contributed by atoms with Crippen LogP contribution in [0.15, 0.2) is 24.3 Å². The highest BCUT2D eigenvalue weighted by molar-refractivity contribution is 6.32. The van der Waals surface area contributed by atoms with Crippen molar-refractivity contribution in [2.75, 3.05) is 0 Å². The second kappa shape index (κ2) is 8.20. The maximum absolute atomic E-state index is 12.4. The fourth-order valence-corrected chi connectivity index (χ4v) is 2.97. The fraction of sp³-hybridized carbons (Fsp3) is 0.529. The third kappa shape index (κ3) is 4.86. The molecule has 1 amide bonds. The fourth-order valence-electron chi connectivity index (χ4n) is 2.79. The summed E-state index contributed by atoms with van der Waals surface area (Å²) in [5.74, 6) is -0.718. The van der Waals surface area contributed by atoms with Crippen molar-refractivity contribution < 1.29 is 19.4 Å². The first-order chi connectivity index (χ1) is 11.0. The Kier molecular flexibility index (Phi) is 6.28. The van der Waals surface area contributed by atoms with Crippen molar-refractivity contribution in [3.05, 3.63) is 29.3 Å². The van der Waals surface area contributed by atoms with Crippen molar-refractivity contribution in [2.45, 2.75) is 51.2 Å². The molecule has 0 spiro atoms. The van der Waals surface area contributed by atoms with Gasteiger partial charge in [0, 0.05) is 6.04 Å². The third-order valence-electron chi connectivity index (χ3n) is 4.19. The maximum Gasteiger partial charge on any atom is 0.306 e. The van der Waals surface area contributed by atoms with E-state index in [4.69, 9.17) is 21.4 Å². The molecule has 1 atom stereocenters. The van der Waals surface area contributed by atoms with E-state index >= 15 is 0 Å². The number of carbonyl (C=O) groups excluding carboxylic acids is 1. The van der Waals surface area contributed by atoms with Crippen LogP contribution in [0.2, 0.25) is 5.02 Å². The highest BCUT2D eigenvalue weighted by atomic mass is 35.5. The molecule has 1 saturated carbocycles. The highest BCUT2D eigenvalue weighted by Crippen LogP contribution is 2.26. The van der Waals surface area contributed by atoms with Crippen molar-refractivity contribution in [3.63, 3.8) is 0 Å². The summed E-state index contributed by atoms with van der Waals surface area (Å²) in [6.45, 7) is 1.88. The van der Waals surface area contributed by atoms with Gasteiger partial charge in [0.1, 0.15) is 5.75 Å². The van der Waals surface area contributed by atoms with Gasteiger partial charge in [-0.2, -0.15) is 0 Å². The van der Waals surface area contributed by atoms with Crippen LogP contribution in [0.3, 0.4) is 0 Å². The second-order valence-electron chi connectivity index (χ2n) is 5.84. The number of aliphatic carboxylic acids is 1. The summed E-state index contributed by atoms with van der Waals surface area (Å²) in [6, 6.07) is 7.07. The van der Waals surface area contributed by atoms with Gasteiger partial charge in [0.05, 0.1) is 10.9 Å². The first-order valence-electron chi connectivity index (χ1n) is 7.95. The van der Waals surface area contributed by atoms with Gasteiger partial charge in [-0.3, -0.25) is 9.59 Å². The number of halogens is 1. The van der Waals surface area contributed by atoms with Gasteiger partial charge in [-0.1, -0.05) is 30.7 Å². The summed E-state index contributed by atoms with van der Waals surface area (Å²) in [6.07, 6.45) is 2.50. The van der Waals surface area contributed by atoms with E-state index < -0.39 is 12.1 Å². The lowest BCUT2D eigenvalue weighted by molar-refractivity contribution is -0.142. The Morgan fingerprint density at radius 2 is 1.96 bits per heavy atom. The minimum Gasteiger partial charge on any atom is -0.481 e. The molecule has 2 N–H and O–H groups in total. The van der Waals surface area contributed by atoms with Crippen LogP contribution < -0.4 is 10.1 Å². The van der Waals surface area contributed by atoms with Gasteiger partial charge in [0.25, 0.3) is 5.91 Å². The van der Waals surface area contributed by atoms with Crippen LogP contribution >= 0.6 is 11.6 Å². The Bertz CT molecular complexity index is 555. The van der Waals surface area contributed by atoms with Gasteiger partial charge in [0.15, 0.2) is 6.10 Å². The molecular formula is C17H22ClNO4. The average molecular weight is 340 g/mol. The zero-order valence-electron chi connectivity index (χ0n) is 13.1. The van der Waals surface area contributed by atoms with Crippen molar-refractivity contribution in [1.29, 1.82) is 0 Å². The molecule has 2 rings (SSSR count). The van der Waals surface area contributed by atoms with Gasteiger partial charge >= 0.3 is 5.97 Å². The van der Waals surface area contributed by atoms with Crippen molar-refractivity contribution in [1.82, 2.24) is 5.32 Å². The molecular weight excluding hydrogens is 318 g/mol. The van der Waals surface area contributed by atoms with Gasteiger partial charge in [0.2, 0.25) is 0 Å². The Balaban J connectivity index is 1.88. The molecule has 0 saturated heterocycles. The van der Waals surface area contributed by atoms with Gasteiger partial charge in [-0.05, 0) is 44.2 Å². The summed E-state index contributed by atoms with van der Waals surface area (Å²) in [4.78, 5) is 23.3. The molecule has 0 aliphatic heterocycles. The van der Waals surface area contributed by atoms with Gasteiger partial charge in [-0.25, -0.2) is 0 Å². The monoisotopic (exact) mass is 339 g/mol. The van der Waals surface area contributed by atoms with Crippen LogP contribution in [-0.2, 0) is 9.59 Å². The maximum atomic E-state index is 12.4. The molecule has 0 radical (unpaired) electrons. The molecule has 5 nitrogen and oxygen atoms in total. The number of hydrogen-bond acceptors (Lipinski definition) is 3. The summed E-state index contributed by atoms with van der Waals surface area (Å²) >= 11 is 6.06. The van der Waals surface area contributed by atoms with E-state index in [1.807, 2.05) is 6.92 Å². The standard InChI is InChI=1S/C17H22ClNO4/c1-2-14(23-15-6-4-3-5-13(15)18)16(20)19-12-9-7-11(8-10-12)17(21)22/h3-6,11-12,14H,2,7-10H2,1H3,(H,19,20)(H,21,22). The number of rotatable bonds is 6. The first-order valence-corrected chi connectivity index (χ1v) is 8.33. The minimum atomic E-state index is -0.747. The van der Waals surface area contributed by atoms with E-state index in [0.29, 0.717) is 42.9 Å². The molecule has 1 aliphatic rings. The molecule has 1 unspecified atom stereocenters. The number of hydrogen-bond donors (Lipinski definition) is 2. The number of carbonyl (C=O) groups is 2. The van der Waals surface area contributed by atoms with Crippen LogP contribution in [-0.4, -0.2) is 29.1 Å². The average Bonchev–Trinajstić information content (AvgIpc) is 2.54. The number of para-hydroxylation sites is 1. The summed E-state index contributed by atoms with van der Waals surface area (Å²) in [5.41, 5.74) is 0. The number of carboxylic acid groups (broad SMARTS) is 1. The van der Waals surface area contributed by atoms with E-state index in [9.17, 15) is 9.59 Å². The zero-order valence-corrected chi connectivity index (χ0v) is 13.9. The largest absolute Gasteiger partial charge is 0.481 e. The van der Waals surface area contributed by atoms with Crippen molar-refractivity contribution >= 4 is 23.5 Å². The summed E-state index contributed by atoms with van der Waals surface area (Å²) in [5, 5.41) is 12.4. The second-order valence-corrected chi connectivity index (χ2v) is 6.25. The van der Waals surface area contributed by atoms with Gasteiger partial charge in [-0.15, -0.1) is 0 Å². The molecule has 1 aliphatic carbocycles. The van der Waals surface area contributed by atoms with E-state index in [1.54, 1.807) is 24.3 Å².